The highest BCUT2D eigenvalue weighted by atomic mass is 35.5. The molecule has 6 nitrogen and oxygen atoms in total. The summed E-state index contributed by atoms with van der Waals surface area (Å²) in [7, 11) is -8.54. The highest BCUT2D eigenvalue weighted by molar-refractivity contribution is 7.71. The van der Waals surface area contributed by atoms with Crippen LogP contribution < -0.4 is 0 Å². The molecule has 0 radical (unpaired) electrons. The summed E-state index contributed by atoms with van der Waals surface area (Å²) in [5.41, 5.74) is 0. The molecule has 0 aromatic rings. The van der Waals surface area contributed by atoms with Crippen LogP contribution in [-0.4, -0.2) is 15.7 Å². The van der Waals surface area contributed by atoms with Gasteiger partial charge in [0.15, 0.2) is 5.90 Å². The number of halogens is 2. The van der Waals surface area contributed by atoms with Crippen molar-refractivity contribution in [1.82, 2.24) is 0 Å². The number of rotatable bonds is 4. The van der Waals surface area contributed by atoms with E-state index in [-0.39, 0.29) is 0 Å². The van der Waals surface area contributed by atoms with Crippen molar-refractivity contribution >= 4 is 38.9 Å². The van der Waals surface area contributed by atoms with Gasteiger partial charge in [-0.25, -0.2) is 0 Å². The summed E-state index contributed by atoms with van der Waals surface area (Å²) in [4.78, 5) is 17.0. The molecule has 0 saturated carbocycles. The molecule has 2 unspecified atom stereocenters. The van der Waals surface area contributed by atoms with Crippen molar-refractivity contribution in [3.05, 3.63) is 0 Å². The Bertz CT molecular complexity index is 193. The molecule has 0 heterocycles. The Hall–Kier alpha value is 0.880. The fourth-order valence-corrected chi connectivity index (χ4v) is 3.21. The van der Waals surface area contributed by atoms with Crippen molar-refractivity contribution < 1.29 is 27.1 Å². The first-order chi connectivity index (χ1) is 4.83. The van der Waals surface area contributed by atoms with Gasteiger partial charge in [-0.15, -0.1) is 0 Å². The van der Waals surface area contributed by atoms with Crippen LogP contribution >= 0.6 is 38.9 Å². The summed E-state index contributed by atoms with van der Waals surface area (Å²) in [6.45, 7) is 0. The zero-order valence-corrected chi connectivity index (χ0v) is 8.19. The second-order valence-corrected chi connectivity index (χ2v) is 6.34. The first kappa shape index (κ1) is 11.9. The maximum atomic E-state index is 10.5. The van der Waals surface area contributed by atoms with Crippen molar-refractivity contribution in [2.45, 2.75) is 0 Å². The average Bonchev–Trinajstić information content (AvgIpc) is 1.86. The van der Waals surface area contributed by atoms with Crippen LogP contribution in [0.2, 0.25) is 0 Å². The third kappa shape index (κ3) is 5.17. The van der Waals surface area contributed by atoms with Gasteiger partial charge >= 0.3 is 15.2 Å². The lowest BCUT2D eigenvalue weighted by molar-refractivity contribution is 0.377. The molecular weight excluding hydrogens is 241 g/mol. The molecule has 0 rings (SSSR count). The standard InChI is InChI=1S/CH4Cl2O6P2/c2-8-10(4,5)1-11(6,7)9-3/h1H2,(H,4,5)(H,6,7). The lowest BCUT2D eigenvalue weighted by Gasteiger charge is -2.08. The maximum Gasteiger partial charge on any atom is 0.356 e. The van der Waals surface area contributed by atoms with Gasteiger partial charge in [-0.05, 0) is 0 Å². The normalized spacial score (nSPS) is 22.2. The lowest BCUT2D eigenvalue weighted by atomic mass is 11.9. The van der Waals surface area contributed by atoms with E-state index in [1.54, 1.807) is 0 Å². The Kier molecular flexibility index (Phi) is 4.55. The van der Waals surface area contributed by atoms with Gasteiger partial charge in [0.05, 0.1) is 23.7 Å². The van der Waals surface area contributed by atoms with E-state index >= 15 is 0 Å². The van der Waals surface area contributed by atoms with Gasteiger partial charge in [-0.2, -0.15) is 8.15 Å². The summed E-state index contributed by atoms with van der Waals surface area (Å²) < 4.78 is 28.0. The van der Waals surface area contributed by atoms with Crippen molar-refractivity contribution in [3.63, 3.8) is 0 Å². The van der Waals surface area contributed by atoms with Gasteiger partial charge in [0.2, 0.25) is 0 Å². The Labute approximate surface area is 72.4 Å². The van der Waals surface area contributed by atoms with E-state index in [4.69, 9.17) is 9.79 Å². The Balaban J connectivity index is 4.26. The molecule has 0 aromatic heterocycles. The molecule has 0 spiro atoms. The number of hydrogen-bond donors (Lipinski definition) is 2. The van der Waals surface area contributed by atoms with E-state index in [1.165, 1.54) is 0 Å². The van der Waals surface area contributed by atoms with Crippen LogP contribution in [0.5, 0.6) is 0 Å². The summed E-state index contributed by atoms with van der Waals surface area (Å²) in [5, 5.41) is 0. The van der Waals surface area contributed by atoms with Crippen molar-refractivity contribution in [2.24, 2.45) is 0 Å². The molecule has 0 saturated heterocycles. The molecule has 0 aromatic carbocycles. The van der Waals surface area contributed by atoms with Crippen LogP contribution in [0.1, 0.15) is 0 Å². The summed E-state index contributed by atoms with van der Waals surface area (Å²) in [5.74, 6) is -1.15. The monoisotopic (exact) mass is 244 g/mol. The van der Waals surface area contributed by atoms with Crippen LogP contribution in [0.4, 0.5) is 0 Å². The van der Waals surface area contributed by atoms with E-state index in [2.05, 4.69) is 31.9 Å². The molecule has 0 amide bonds. The van der Waals surface area contributed by atoms with Crippen LogP contribution in [0, 0.1) is 0 Å². The minimum Gasteiger partial charge on any atom is -0.323 e. The van der Waals surface area contributed by atoms with E-state index in [1.807, 2.05) is 0 Å². The van der Waals surface area contributed by atoms with Crippen LogP contribution in [-0.2, 0) is 17.3 Å². The van der Waals surface area contributed by atoms with Gasteiger partial charge in [0.25, 0.3) is 0 Å². The predicted molar refractivity (Wildman–Crippen MR) is 38.4 cm³/mol. The first-order valence-electron chi connectivity index (χ1n) is 2.07. The van der Waals surface area contributed by atoms with Crippen molar-refractivity contribution in [3.8, 4) is 0 Å². The van der Waals surface area contributed by atoms with E-state index < -0.39 is 21.1 Å². The molecule has 0 fully saturated rings. The Morgan fingerprint density at radius 1 is 1.09 bits per heavy atom. The largest absolute Gasteiger partial charge is 0.356 e. The molecule has 2 atom stereocenters. The van der Waals surface area contributed by atoms with Gasteiger partial charge in [-0.1, -0.05) is 0 Å². The molecule has 0 aliphatic rings. The predicted octanol–water partition coefficient (Wildman–Crippen LogP) is 1.66. The van der Waals surface area contributed by atoms with Crippen molar-refractivity contribution in [2.75, 3.05) is 5.90 Å². The molecule has 0 bridgehead atoms. The van der Waals surface area contributed by atoms with Gasteiger partial charge in [-0.3, -0.25) is 9.13 Å². The van der Waals surface area contributed by atoms with E-state index in [9.17, 15) is 9.13 Å². The summed E-state index contributed by atoms with van der Waals surface area (Å²) in [6.07, 6.45) is 0. The van der Waals surface area contributed by atoms with Crippen LogP contribution in [0.15, 0.2) is 0 Å². The third-order valence-corrected chi connectivity index (χ3v) is 5.16. The molecule has 11 heavy (non-hydrogen) atoms. The Morgan fingerprint density at radius 3 is 1.55 bits per heavy atom. The minimum absolute atomic E-state index is 1.15. The second kappa shape index (κ2) is 4.21. The highest BCUT2D eigenvalue weighted by Gasteiger charge is 2.33. The molecule has 10 heteroatoms. The first-order valence-corrected chi connectivity index (χ1v) is 6.21. The average molecular weight is 245 g/mol. The molecule has 68 valence electrons. The van der Waals surface area contributed by atoms with Gasteiger partial charge < -0.3 is 9.79 Å². The fraction of sp³-hybridized carbons (Fsp3) is 1.00. The smallest absolute Gasteiger partial charge is 0.323 e. The topological polar surface area (TPSA) is 93.1 Å². The summed E-state index contributed by atoms with van der Waals surface area (Å²) >= 11 is 9.02. The van der Waals surface area contributed by atoms with Gasteiger partial charge in [0, 0.05) is 0 Å². The molecule has 2 N–H and O–H groups in total. The molecular formula is CH4Cl2O6P2. The zero-order valence-electron chi connectivity index (χ0n) is 4.88. The van der Waals surface area contributed by atoms with Crippen molar-refractivity contribution in [1.29, 1.82) is 0 Å². The second-order valence-electron chi connectivity index (χ2n) is 1.55. The third-order valence-electron chi connectivity index (χ3n) is 0.573. The number of hydrogen-bond acceptors (Lipinski definition) is 4. The van der Waals surface area contributed by atoms with E-state index in [0.717, 1.165) is 0 Å². The maximum absolute atomic E-state index is 10.5. The highest BCUT2D eigenvalue weighted by Crippen LogP contribution is 2.59. The lowest BCUT2D eigenvalue weighted by Crippen LogP contribution is -1.90. The SMILES string of the molecule is O=P(O)(CP(=O)(O)OCl)OCl. The van der Waals surface area contributed by atoms with Gasteiger partial charge in [0.1, 0.15) is 0 Å². The fourth-order valence-electron chi connectivity index (χ4n) is 0.269. The zero-order chi connectivity index (χ0) is 9.12. The summed E-state index contributed by atoms with van der Waals surface area (Å²) in [6, 6.07) is 0. The molecule has 0 aliphatic carbocycles. The minimum atomic E-state index is -4.27. The van der Waals surface area contributed by atoms with E-state index in [0.29, 0.717) is 0 Å². The van der Waals surface area contributed by atoms with Crippen LogP contribution in [0.3, 0.4) is 0 Å². The molecule has 0 aliphatic heterocycles. The quantitative estimate of drug-likeness (QED) is 0.731. The van der Waals surface area contributed by atoms with Crippen LogP contribution in [0.25, 0.3) is 0 Å². The Morgan fingerprint density at radius 2 is 1.36 bits per heavy atom.